The van der Waals surface area contributed by atoms with E-state index in [-0.39, 0.29) is 18.7 Å². The number of hydrogen-bond donors (Lipinski definition) is 2. The molecule has 33 heavy (non-hydrogen) atoms. The molecule has 4 fully saturated rings. The number of aliphatic hydroxyl groups is 1. The molecule has 0 aromatic heterocycles. The third kappa shape index (κ3) is 4.71. The maximum absolute atomic E-state index is 11.7. The Hall–Kier alpha value is -1.52. The molecule has 0 unspecified atom stereocenters. The van der Waals surface area contributed by atoms with Crippen LogP contribution in [0.3, 0.4) is 0 Å². The smallest absolute Gasteiger partial charge is 0.243 e. The van der Waals surface area contributed by atoms with Gasteiger partial charge in [-0.2, -0.15) is 0 Å². The van der Waals surface area contributed by atoms with Gasteiger partial charge in [-0.3, -0.25) is 4.79 Å². The largest absolute Gasteiger partial charge is 0.393 e. The summed E-state index contributed by atoms with van der Waals surface area (Å²) in [7, 11) is 0. The van der Waals surface area contributed by atoms with Crippen molar-refractivity contribution in [3.8, 4) is 0 Å². The monoisotopic (exact) mass is 456 g/mol. The van der Waals surface area contributed by atoms with Gasteiger partial charge in [0.05, 0.1) is 12.8 Å². The topological polar surface area (TPSA) is 98.1 Å². The van der Waals surface area contributed by atoms with Crippen LogP contribution in [0.1, 0.15) is 91.4 Å². The van der Waals surface area contributed by atoms with Crippen molar-refractivity contribution in [2.24, 2.45) is 51.5 Å². The van der Waals surface area contributed by atoms with Crippen molar-refractivity contribution in [2.75, 3.05) is 6.67 Å². The van der Waals surface area contributed by atoms with Crippen molar-refractivity contribution in [3.63, 3.8) is 0 Å². The molecule has 4 aliphatic carbocycles. The molecule has 0 aromatic rings. The van der Waals surface area contributed by atoms with Gasteiger partial charge in [-0.15, -0.1) is 0 Å². The van der Waals surface area contributed by atoms with Crippen LogP contribution in [0.5, 0.6) is 0 Å². The second kappa shape index (κ2) is 10.00. The highest BCUT2D eigenvalue weighted by Gasteiger charge is 2.60. The third-order valence-corrected chi connectivity index (χ3v) is 10.8. The molecule has 2 N–H and O–H groups in total. The van der Waals surface area contributed by atoms with E-state index in [1.54, 1.807) is 6.08 Å². The molecular formula is C27H44N4O2. The zero-order valence-electron chi connectivity index (χ0n) is 20.9. The van der Waals surface area contributed by atoms with Crippen molar-refractivity contribution in [1.29, 1.82) is 0 Å². The molecule has 0 heterocycles. The summed E-state index contributed by atoms with van der Waals surface area (Å²) in [6.45, 7) is 7.62. The highest BCUT2D eigenvalue weighted by molar-refractivity contribution is 5.87. The van der Waals surface area contributed by atoms with Crippen molar-refractivity contribution in [3.05, 3.63) is 22.6 Å². The van der Waals surface area contributed by atoms with Gasteiger partial charge < -0.3 is 10.4 Å². The van der Waals surface area contributed by atoms with Crippen molar-refractivity contribution in [1.82, 2.24) is 5.32 Å². The van der Waals surface area contributed by atoms with E-state index >= 15 is 0 Å². The van der Waals surface area contributed by atoms with E-state index in [1.165, 1.54) is 44.9 Å². The van der Waals surface area contributed by atoms with E-state index in [4.69, 9.17) is 5.53 Å². The summed E-state index contributed by atoms with van der Waals surface area (Å²) in [6, 6.07) is 0. The van der Waals surface area contributed by atoms with Gasteiger partial charge in [-0.25, -0.2) is 0 Å². The van der Waals surface area contributed by atoms with Gasteiger partial charge in [0.25, 0.3) is 0 Å². The van der Waals surface area contributed by atoms with Crippen molar-refractivity contribution >= 4 is 5.91 Å². The lowest BCUT2D eigenvalue weighted by Crippen LogP contribution is -2.54. The summed E-state index contributed by atoms with van der Waals surface area (Å²) in [6.07, 6.45) is 17.0. The number of fused-ring (bicyclic) bond motifs is 5. The molecule has 0 saturated heterocycles. The summed E-state index contributed by atoms with van der Waals surface area (Å²) in [4.78, 5) is 14.4. The molecular weight excluding hydrogens is 412 g/mol. The molecule has 0 aromatic carbocycles. The Labute approximate surface area is 199 Å². The zero-order chi connectivity index (χ0) is 23.6. The molecule has 184 valence electrons. The summed E-state index contributed by atoms with van der Waals surface area (Å²) in [5, 5.41) is 16.2. The Bertz CT molecular complexity index is 793. The molecule has 0 spiro atoms. The number of hydrogen-bond acceptors (Lipinski definition) is 3. The van der Waals surface area contributed by atoms with Crippen molar-refractivity contribution < 1.29 is 9.90 Å². The van der Waals surface area contributed by atoms with Crippen LogP contribution >= 0.6 is 0 Å². The average molecular weight is 457 g/mol. The maximum atomic E-state index is 11.7. The Kier molecular flexibility index (Phi) is 7.45. The summed E-state index contributed by atoms with van der Waals surface area (Å²) in [5.41, 5.74) is 9.20. The first kappa shape index (κ1) is 24.6. The van der Waals surface area contributed by atoms with Crippen molar-refractivity contribution in [2.45, 2.75) is 97.5 Å². The molecule has 0 bridgehead atoms. The second-order valence-electron chi connectivity index (χ2n) is 12.2. The average Bonchev–Trinajstić information content (AvgIpc) is 3.14. The Morgan fingerprint density at radius 2 is 1.91 bits per heavy atom. The second-order valence-corrected chi connectivity index (χ2v) is 12.2. The number of rotatable bonds is 7. The van der Waals surface area contributed by atoms with Gasteiger partial charge in [0.2, 0.25) is 5.91 Å². The van der Waals surface area contributed by atoms with Crippen LogP contribution in [0.4, 0.5) is 0 Å². The first-order valence-corrected chi connectivity index (χ1v) is 13.4. The molecule has 0 aliphatic heterocycles. The minimum Gasteiger partial charge on any atom is -0.393 e. The predicted octanol–water partition coefficient (Wildman–Crippen LogP) is 6.36. The molecule has 4 saturated carbocycles. The van der Waals surface area contributed by atoms with Crippen LogP contribution < -0.4 is 5.32 Å². The lowest BCUT2D eigenvalue weighted by molar-refractivity contribution is -0.129. The quantitative estimate of drug-likeness (QED) is 0.201. The van der Waals surface area contributed by atoms with E-state index in [1.807, 2.05) is 6.08 Å². The molecule has 4 aliphatic rings. The highest BCUT2D eigenvalue weighted by Crippen LogP contribution is 2.68. The fourth-order valence-corrected chi connectivity index (χ4v) is 9.17. The number of aliphatic hydroxyl groups excluding tert-OH is 1. The molecule has 6 nitrogen and oxygen atoms in total. The maximum Gasteiger partial charge on any atom is 0.243 e. The number of azide groups is 1. The molecule has 4 rings (SSSR count). The number of nitrogens with one attached hydrogen (secondary N) is 1. The Morgan fingerprint density at radius 3 is 2.70 bits per heavy atom. The van der Waals surface area contributed by atoms with Gasteiger partial charge in [-0.1, -0.05) is 32.0 Å². The molecule has 9 atom stereocenters. The molecule has 1 amide bonds. The summed E-state index contributed by atoms with van der Waals surface area (Å²) >= 11 is 0. The fraction of sp³-hybridized carbons (Fsp3) is 0.889. The van der Waals surface area contributed by atoms with E-state index in [2.05, 4.69) is 36.1 Å². The van der Waals surface area contributed by atoms with Gasteiger partial charge in [0.15, 0.2) is 0 Å². The molecule has 6 heteroatoms. The Morgan fingerprint density at radius 1 is 1.15 bits per heavy atom. The van der Waals surface area contributed by atoms with Gasteiger partial charge in [-0.05, 0) is 129 Å². The summed E-state index contributed by atoms with van der Waals surface area (Å²) in [5.74, 6) is 4.62. The minimum atomic E-state index is -0.194. The number of carbonyl (C=O) groups is 1. The zero-order valence-corrected chi connectivity index (χ0v) is 20.9. The highest BCUT2D eigenvalue weighted by atomic mass is 16.3. The fourth-order valence-electron chi connectivity index (χ4n) is 9.17. The van der Waals surface area contributed by atoms with Crippen LogP contribution in [0.25, 0.3) is 10.4 Å². The lowest BCUT2D eigenvalue weighted by Gasteiger charge is -2.61. The minimum absolute atomic E-state index is 0.000424. The third-order valence-electron chi connectivity index (χ3n) is 10.8. The Balaban J connectivity index is 1.35. The van der Waals surface area contributed by atoms with E-state index in [9.17, 15) is 9.90 Å². The van der Waals surface area contributed by atoms with Gasteiger partial charge in [0, 0.05) is 4.91 Å². The first-order chi connectivity index (χ1) is 15.8. The predicted molar refractivity (Wildman–Crippen MR) is 131 cm³/mol. The van der Waals surface area contributed by atoms with Crippen LogP contribution in [0.15, 0.2) is 17.3 Å². The SMILES string of the molecule is C[C@H](CC/C=C/C(=O)NCN=[N+]=[N-])[C@H]1CC[C@H]2[C@@H]3CC[C@@H]4C[C@H](O)CC[C@]4(C)[C@H]3CC[C@]12C. The number of amides is 1. The normalized spacial score (nSPS) is 43.2. The lowest BCUT2D eigenvalue weighted by atomic mass is 9.44. The number of nitrogens with zero attached hydrogens (tertiary/aromatic N) is 3. The van der Waals surface area contributed by atoms with Crippen LogP contribution in [0.2, 0.25) is 0 Å². The number of allylic oxidation sites excluding steroid dienone is 1. The standard InChI is InChI=1S/C27H44N4O2/c1-18(6-4-5-7-25(33)29-17-30-31-28)22-10-11-23-21-9-8-19-16-20(32)12-14-26(19,2)24(21)13-15-27(22,23)3/h5,7,18-24,32H,4,6,8-17H2,1-3H3,(H,29,33)/b7-5+/t18-,19-,20-,21+,22-,23+,24+,26+,27-/m1/s1. The van der Waals surface area contributed by atoms with Gasteiger partial charge in [0.1, 0.15) is 0 Å². The number of carbonyl (C=O) groups excluding carboxylic acids is 1. The van der Waals surface area contributed by atoms with Crippen LogP contribution in [0, 0.1) is 46.3 Å². The van der Waals surface area contributed by atoms with Gasteiger partial charge >= 0.3 is 0 Å². The van der Waals surface area contributed by atoms with E-state index < -0.39 is 0 Å². The summed E-state index contributed by atoms with van der Waals surface area (Å²) < 4.78 is 0. The first-order valence-electron chi connectivity index (χ1n) is 13.4. The van der Waals surface area contributed by atoms with Crippen LogP contribution in [-0.2, 0) is 4.79 Å². The van der Waals surface area contributed by atoms with E-state index in [0.29, 0.717) is 16.7 Å². The van der Waals surface area contributed by atoms with E-state index in [0.717, 1.165) is 55.3 Å². The molecule has 0 radical (unpaired) electrons. The van der Waals surface area contributed by atoms with Crippen LogP contribution in [-0.4, -0.2) is 23.8 Å².